The van der Waals surface area contributed by atoms with E-state index in [1.54, 1.807) is 6.92 Å². The van der Waals surface area contributed by atoms with E-state index in [1.165, 1.54) is 29.2 Å². The molecule has 0 radical (unpaired) electrons. The largest absolute Gasteiger partial charge is 0.479 e. The summed E-state index contributed by atoms with van der Waals surface area (Å²) in [5.41, 5.74) is -1.25. The van der Waals surface area contributed by atoms with Crippen LogP contribution in [-0.4, -0.2) is 38.9 Å². The Morgan fingerprint density at radius 3 is 2.76 bits per heavy atom. The Labute approximate surface area is 121 Å². The maximum Gasteiger partial charge on any atom is 0.329 e. The predicted octanol–water partition coefficient (Wildman–Crippen LogP) is 2.06. The monoisotopic (exact) mass is 292 g/mol. The van der Waals surface area contributed by atoms with Gasteiger partial charge in [-0.05, 0) is 25.3 Å². The maximum atomic E-state index is 12.5. The summed E-state index contributed by atoms with van der Waals surface area (Å²) >= 11 is 0. The lowest BCUT2D eigenvalue weighted by Gasteiger charge is -2.33. The van der Waals surface area contributed by atoms with E-state index < -0.39 is 22.3 Å². The Morgan fingerprint density at radius 1 is 1.48 bits per heavy atom. The number of benzene rings is 1. The van der Waals surface area contributed by atoms with E-state index in [1.807, 2.05) is 0 Å². The van der Waals surface area contributed by atoms with Crippen molar-refractivity contribution in [2.45, 2.75) is 31.7 Å². The summed E-state index contributed by atoms with van der Waals surface area (Å²) < 4.78 is 0. The van der Waals surface area contributed by atoms with Crippen molar-refractivity contribution in [2.24, 2.45) is 0 Å². The third-order valence-corrected chi connectivity index (χ3v) is 4.02. The van der Waals surface area contributed by atoms with Crippen molar-refractivity contribution < 1.29 is 19.6 Å². The van der Waals surface area contributed by atoms with Crippen LogP contribution in [0.4, 0.5) is 5.69 Å². The van der Waals surface area contributed by atoms with Gasteiger partial charge in [0, 0.05) is 24.2 Å². The molecule has 0 saturated carbocycles. The molecule has 7 heteroatoms. The van der Waals surface area contributed by atoms with Crippen LogP contribution in [-0.2, 0) is 4.79 Å². The number of hydrogen-bond acceptors (Lipinski definition) is 4. The van der Waals surface area contributed by atoms with Crippen molar-refractivity contribution in [3.8, 4) is 0 Å². The number of likely N-dealkylation sites (tertiary alicyclic amines) is 1. The molecule has 0 bridgehead atoms. The lowest BCUT2D eigenvalue weighted by Crippen LogP contribution is -2.52. The second kappa shape index (κ2) is 5.51. The highest BCUT2D eigenvalue weighted by atomic mass is 16.6. The summed E-state index contributed by atoms with van der Waals surface area (Å²) in [6.07, 6.45) is 1.32. The third kappa shape index (κ3) is 2.46. The Bertz CT molecular complexity index is 601. The minimum absolute atomic E-state index is 0.144. The van der Waals surface area contributed by atoms with E-state index in [0.29, 0.717) is 25.8 Å². The molecule has 0 aromatic heterocycles. The fourth-order valence-corrected chi connectivity index (χ4v) is 2.82. The second-order valence-corrected chi connectivity index (χ2v) is 5.06. The van der Waals surface area contributed by atoms with Gasteiger partial charge in [-0.2, -0.15) is 0 Å². The molecule has 1 heterocycles. The molecule has 1 aliphatic rings. The summed E-state index contributed by atoms with van der Waals surface area (Å²) in [5.74, 6) is -1.50. The Hall–Kier alpha value is -2.44. The molecule has 1 atom stereocenters. The van der Waals surface area contributed by atoms with Crippen molar-refractivity contribution in [1.82, 2.24) is 4.90 Å². The topological polar surface area (TPSA) is 101 Å². The zero-order valence-electron chi connectivity index (χ0n) is 11.6. The highest BCUT2D eigenvalue weighted by Crippen LogP contribution is 2.34. The van der Waals surface area contributed by atoms with Gasteiger partial charge in [0.2, 0.25) is 0 Å². The first-order chi connectivity index (χ1) is 9.92. The number of rotatable bonds is 4. The highest BCUT2D eigenvalue weighted by molar-refractivity contribution is 5.98. The van der Waals surface area contributed by atoms with Gasteiger partial charge in [-0.3, -0.25) is 14.9 Å². The van der Waals surface area contributed by atoms with Gasteiger partial charge < -0.3 is 10.0 Å². The first-order valence-electron chi connectivity index (χ1n) is 6.72. The van der Waals surface area contributed by atoms with Gasteiger partial charge in [0.25, 0.3) is 11.6 Å². The summed E-state index contributed by atoms with van der Waals surface area (Å²) in [5, 5.41) is 20.2. The molecule has 0 aliphatic carbocycles. The van der Waals surface area contributed by atoms with Crippen LogP contribution in [0.15, 0.2) is 24.3 Å². The van der Waals surface area contributed by atoms with Crippen molar-refractivity contribution in [1.29, 1.82) is 0 Å². The fraction of sp³-hybridized carbons (Fsp3) is 0.429. The second-order valence-electron chi connectivity index (χ2n) is 5.06. The number of carbonyl (C=O) groups excluding carboxylic acids is 1. The van der Waals surface area contributed by atoms with Crippen LogP contribution in [0.3, 0.4) is 0 Å². The number of nitro benzene ring substituents is 1. The molecule has 1 aliphatic heterocycles. The zero-order chi connectivity index (χ0) is 15.6. The smallest absolute Gasteiger partial charge is 0.329 e. The molecule has 2 rings (SSSR count). The minimum Gasteiger partial charge on any atom is -0.479 e. The van der Waals surface area contributed by atoms with Gasteiger partial charge in [-0.1, -0.05) is 13.0 Å². The molecule has 1 fully saturated rings. The van der Waals surface area contributed by atoms with Crippen LogP contribution >= 0.6 is 0 Å². The zero-order valence-corrected chi connectivity index (χ0v) is 11.6. The fourth-order valence-electron chi connectivity index (χ4n) is 2.82. The molecule has 7 nitrogen and oxygen atoms in total. The molecule has 1 saturated heterocycles. The summed E-state index contributed by atoms with van der Waals surface area (Å²) in [6, 6.07) is 5.37. The number of non-ortho nitro benzene ring substituents is 1. The van der Waals surface area contributed by atoms with Gasteiger partial charge in [-0.25, -0.2) is 4.79 Å². The van der Waals surface area contributed by atoms with Crippen LogP contribution in [0.25, 0.3) is 0 Å². The van der Waals surface area contributed by atoms with Crippen molar-refractivity contribution in [2.75, 3.05) is 6.54 Å². The normalized spacial score (nSPS) is 21.3. The van der Waals surface area contributed by atoms with E-state index >= 15 is 0 Å². The number of amides is 1. The molecule has 21 heavy (non-hydrogen) atoms. The van der Waals surface area contributed by atoms with E-state index in [4.69, 9.17) is 0 Å². The molecule has 1 amide bonds. The van der Waals surface area contributed by atoms with Gasteiger partial charge >= 0.3 is 5.97 Å². The number of carboxylic acids is 1. The standard InChI is InChI=1S/C14H16N2O5/c1-2-14(13(18)19)7-4-8-15(14)12(17)10-5-3-6-11(9-10)16(20)21/h3,5-6,9H,2,4,7-8H2,1H3,(H,18,19). The Kier molecular flexibility index (Phi) is 3.93. The van der Waals surface area contributed by atoms with Crippen molar-refractivity contribution in [3.05, 3.63) is 39.9 Å². The summed E-state index contributed by atoms with van der Waals surface area (Å²) in [6.45, 7) is 2.08. The molecule has 1 N–H and O–H groups in total. The van der Waals surface area contributed by atoms with Crippen LogP contribution in [0, 0.1) is 10.1 Å². The Morgan fingerprint density at radius 2 is 2.19 bits per heavy atom. The van der Waals surface area contributed by atoms with Gasteiger partial charge in [0.05, 0.1) is 4.92 Å². The van der Waals surface area contributed by atoms with E-state index in [0.717, 1.165) is 0 Å². The van der Waals surface area contributed by atoms with Crippen LogP contribution < -0.4 is 0 Å². The number of carbonyl (C=O) groups is 2. The van der Waals surface area contributed by atoms with Gasteiger partial charge in [0.15, 0.2) is 0 Å². The number of nitrogens with zero attached hydrogens (tertiary/aromatic N) is 2. The maximum absolute atomic E-state index is 12.5. The predicted molar refractivity (Wildman–Crippen MR) is 74.0 cm³/mol. The molecular formula is C14H16N2O5. The number of hydrogen-bond donors (Lipinski definition) is 1. The van der Waals surface area contributed by atoms with Crippen molar-refractivity contribution in [3.63, 3.8) is 0 Å². The molecule has 1 aromatic rings. The van der Waals surface area contributed by atoms with Crippen molar-refractivity contribution >= 4 is 17.6 Å². The first kappa shape index (κ1) is 15.0. The first-order valence-corrected chi connectivity index (χ1v) is 6.72. The lowest BCUT2D eigenvalue weighted by molar-refractivity contribution is -0.384. The third-order valence-electron chi connectivity index (χ3n) is 4.02. The molecule has 112 valence electrons. The summed E-state index contributed by atoms with van der Waals surface area (Å²) in [7, 11) is 0. The van der Waals surface area contributed by atoms with E-state index in [9.17, 15) is 24.8 Å². The lowest BCUT2D eigenvalue weighted by atomic mass is 9.92. The molecular weight excluding hydrogens is 276 g/mol. The SMILES string of the molecule is CCC1(C(=O)O)CCCN1C(=O)c1cccc([N+](=O)[O-])c1. The number of aliphatic carboxylic acids is 1. The van der Waals surface area contributed by atoms with Gasteiger partial charge in [0.1, 0.15) is 5.54 Å². The van der Waals surface area contributed by atoms with Crippen LogP contribution in [0.5, 0.6) is 0 Å². The quantitative estimate of drug-likeness (QED) is 0.676. The molecule has 1 aromatic carbocycles. The minimum atomic E-state index is -1.21. The van der Waals surface area contributed by atoms with Gasteiger partial charge in [-0.15, -0.1) is 0 Å². The molecule has 0 spiro atoms. The van der Waals surface area contributed by atoms with Crippen LogP contribution in [0.2, 0.25) is 0 Å². The summed E-state index contributed by atoms with van der Waals surface area (Å²) in [4.78, 5) is 35.6. The molecule has 1 unspecified atom stereocenters. The van der Waals surface area contributed by atoms with E-state index in [-0.39, 0.29) is 11.3 Å². The average molecular weight is 292 g/mol. The van der Waals surface area contributed by atoms with E-state index in [2.05, 4.69) is 0 Å². The van der Waals surface area contributed by atoms with Crippen LogP contribution in [0.1, 0.15) is 36.5 Å². The number of carboxylic acid groups (broad SMARTS) is 1. The highest BCUT2D eigenvalue weighted by Gasteiger charge is 2.48. The number of nitro groups is 1. The Balaban J connectivity index is 2.37. The average Bonchev–Trinajstić information content (AvgIpc) is 2.91.